The molecule has 0 saturated heterocycles. The SMILES string of the molecule is CCOc1cc2c3cc(OCC)c(OCC)c4[te]c5c(OCC)c(OCC)c6[te]c(c1OCC)c2c6c5c43. The van der Waals surface area contributed by atoms with Crippen molar-refractivity contribution in [2.45, 2.75) is 41.5 Å². The molecule has 0 aliphatic rings. The second-order valence-corrected chi connectivity index (χ2v) is 14.6. The van der Waals surface area contributed by atoms with E-state index in [1.54, 1.807) is 0 Å². The van der Waals surface area contributed by atoms with Crippen molar-refractivity contribution in [2.75, 3.05) is 39.6 Å². The first-order chi connectivity index (χ1) is 18.6. The summed E-state index contributed by atoms with van der Waals surface area (Å²) in [6.45, 7) is 15.8. The van der Waals surface area contributed by atoms with Crippen molar-refractivity contribution >= 4 is 86.8 Å². The van der Waals surface area contributed by atoms with Crippen LogP contribution in [0, 0.1) is 0 Å². The van der Waals surface area contributed by atoms with Crippen LogP contribution in [0.15, 0.2) is 12.1 Å². The molecule has 0 unspecified atom stereocenters. The van der Waals surface area contributed by atoms with E-state index in [0.717, 1.165) is 34.5 Å². The molecule has 6 aromatic rings. The third-order valence-electron chi connectivity index (χ3n) is 6.68. The van der Waals surface area contributed by atoms with E-state index < -0.39 is 40.9 Å². The Morgan fingerprint density at radius 3 is 1.08 bits per heavy atom. The molecule has 0 aliphatic carbocycles. The van der Waals surface area contributed by atoms with Gasteiger partial charge in [-0.2, -0.15) is 0 Å². The molecule has 8 heteroatoms. The summed E-state index contributed by atoms with van der Waals surface area (Å²) in [6, 6.07) is 4.39. The van der Waals surface area contributed by atoms with Crippen molar-refractivity contribution in [3.8, 4) is 34.5 Å². The van der Waals surface area contributed by atoms with Crippen LogP contribution in [0.5, 0.6) is 34.5 Å². The summed E-state index contributed by atoms with van der Waals surface area (Å²) < 4.78 is 43.1. The predicted molar refractivity (Wildman–Crippen MR) is 157 cm³/mol. The third kappa shape index (κ3) is 3.71. The Labute approximate surface area is 241 Å². The van der Waals surface area contributed by atoms with Gasteiger partial charge in [0.15, 0.2) is 0 Å². The standard InChI is InChI=1S/C30H32O6Te2/c1-7-31-17-13-15-16-14-18(32-8-2)24(34-10-4)28-20(16)22-21-19(15)27(23(17)33-9-3)37-29(21)25(35-11-5)26(36-12-6)30(22)38-28/h13-14H,7-12H2,1-6H3. The molecule has 0 aliphatic heterocycles. The van der Waals surface area contributed by atoms with Crippen LogP contribution in [0.25, 0.3) is 45.9 Å². The predicted octanol–water partition coefficient (Wildman–Crippen LogP) is 6.83. The molecule has 0 radical (unpaired) electrons. The maximum atomic E-state index is 6.42. The minimum absolute atomic E-state index is 0.581. The molecule has 0 fully saturated rings. The molecule has 6 rings (SSSR count). The van der Waals surface area contributed by atoms with Crippen LogP contribution in [0.4, 0.5) is 0 Å². The van der Waals surface area contributed by atoms with Crippen LogP contribution >= 0.6 is 0 Å². The van der Waals surface area contributed by atoms with Gasteiger partial charge in [-0.15, -0.1) is 0 Å². The zero-order valence-electron chi connectivity index (χ0n) is 22.7. The van der Waals surface area contributed by atoms with Crippen molar-refractivity contribution in [3.63, 3.8) is 0 Å². The van der Waals surface area contributed by atoms with Crippen molar-refractivity contribution < 1.29 is 28.4 Å². The van der Waals surface area contributed by atoms with Gasteiger partial charge in [-0.05, 0) is 0 Å². The van der Waals surface area contributed by atoms with Crippen LogP contribution in [-0.2, 0) is 0 Å². The second-order valence-electron chi connectivity index (χ2n) is 8.78. The van der Waals surface area contributed by atoms with Gasteiger partial charge in [-0.1, -0.05) is 0 Å². The molecule has 0 atom stereocenters. The van der Waals surface area contributed by atoms with Gasteiger partial charge < -0.3 is 0 Å². The Morgan fingerprint density at radius 1 is 0.421 bits per heavy atom. The van der Waals surface area contributed by atoms with Gasteiger partial charge >= 0.3 is 243 Å². The van der Waals surface area contributed by atoms with Crippen molar-refractivity contribution in [1.82, 2.24) is 0 Å². The van der Waals surface area contributed by atoms with E-state index in [1.165, 1.54) is 45.9 Å². The van der Waals surface area contributed by atoms with E-state index in [0.29, 0.717) is 39.6 Å². The first kappa shape index (κ1) is 26.3. The number of hydrogen-bond acceptors (Lipinski definition) is 6. The summed E-state index contributed by atoms with van der Waals surface area (Å²) in [6.07, 6.45) is 0. The molecule has 0 N–H and O–H groups in total. The maximum absolute atomic E-state index is 6.42. The van der Waals surface area contributed by atoms with Crippen molar-refractivity contribution in [1.29, 1.82) is 0 Å². The van der Waals surface area contributed by atoms with E-state index in [1.807, 2.05) is 27.7 Å². The first-order valence-electron chi connectivity index (χ1n) is 13.4. The van der Waals surface area contributed by atoms with Gasteiger partial charge in [0.1, 0.15) is 0 Å². The Balaban J connectivity index is 1.93. The Bertz CT molecular complexity index is 1620. The number of ether oxygens (including phenoxy) is 6. The van der Waals surface area contributed by atoms with Crippen LogP contribution < -0.4 is 28.4 Å². The normalized spacial score (nSPS) is 12.1. The number of benzene rings is 4. The van der Waals surface area contributed by atoms with Gasteiger partial charge in [-0.25, -0.2) is 0 Å². The Kier molecular flexibility index (Phi) is 7.29. The summed E-state index contributed by atoms with van der Waals surface area (Å²) in [5.41, 5.74) is 0. The average molecular weight is 744 g/mol. The van der Waals surface area contributed by atoms with E-state index in [-0.39, 0.29) is 0 Å². The molecule has 0 spiro atoms. The zero-order valence-corrected chi connectivity index (χ0v) is 27.3. The van der Waals surface area contributed by atoms with Crippen molar-refractivity contribution in [3.05, 3.63) is 12.1 Å². The van der Waals surface area contributed by atoms with Gasteiger partial charge in [0, 0.05) is 0 Å². The molecule has 4 aromatic carbocycles. The van der Waals surface area contributed by atoms with Gasteiger partial charge in [0.05, 0.1) is 0 Å². The monoisotopic (exact) mass is 748 g/mol. The van der Waals surface area contributed by atoms with Crippen LogP contribution in [0.2, 0.25) is 0 Å². The number of fused-ring (bicyclic) bond motifs is 1. The van der Waals surface area contributed by atoms with E-state index in [2.05, 4.69) is 26.0 Å². The molecule has 2 aromatic heterocycles. The summed E-state index contributed by atoms with van der Waals surface area (Å²) in [5.74, 6) is 5.32. The molecule has 0 amide bonds. The van der Waals surface area contributed by atoms with Gasteiger partial charge in [0.25, 0.3) is 0 Å². The molecule has 0 bridgehead atoms. The van der Waals surface area contributed by atoms with Crippen molar-refractivity contribution in [2.24, 2.45) is 0 Å². The topological polar surface area (TPSA) is 55.4 Å². The molecule has 0 saturated carbocycles. The molecule has 2 heterocycles. The van der Waals surface area contributed by atoms with E-state index >= 15 is 0 Å². The quantitative estimate of drug-likeness (QED) is 0.101. The van der Waals surface area contributed by atoms with E-state index in [4.69, 9.17) is 28.4 Å². The third-order valence-corrected chi connectivity index (χ3v) is 13.5. The van der Waals surface area contributed by atoms with Gasteiger partial charge in [-0.3, -0.25) is 0 Å². The Morgan fingerprint density at radius 2 is 0.737 bits per heavy atom. The van der Waals surface area contributed by atoms with Crippen LogP contribution in [0.3, 0.4) is 0 Å². The average Bonchev–Trinajstić information content (AvgIpc) is 3.49. The fourth-order valence-corrected chi connectivity index (χ4v) is 13.1. The fraction of sp³-hybridized carbons (Fsp3) is 0.400. The van der Waals surface area contributed by atoms with E-state index in [9.17, 15) is 0 Å². The zero-order chi connectivity index (χ0) is 26.6. The molecular weight excluding hydrogens is 712 g/mol. The number of rotatable bonds is 12. The Hall–Kier alpha value is -1.96. The van der Waals surface area contributed by atoms with Crippen LogP contribution in [-0.4, -0.2) is 80.5 Å². The summed E-state index contributed by atoms with van der Waals surface area (Å²) in [7, 11) is 0. The number of hydrogen-bond donors (Lipinski definition) is 0. The fourth-order valence-electron chi connectivity index (χ4n) is 5.52. The summed E-state index contributed by atoms with van der Waals surface area (Å²) >= 11 is -1.67. The molecule has 38 heavy (non-hydrogen) atoms. The van der Waals surface area contributed by atoms with Gasteiger partial charge in [0.2, 0.25) is 0 Å². The second kappa shape index (κ2) is 10.5. The molecule has 6 nitrogen and oxygen atoms in total. The molecule has 200 valence electrons. The minimum atomic E-state index is -0.836. The first-order valence-corrected chi connectivity index (χ1v) is 18.1. The van der Waals surface area contributed by atoms with Crippen LogP contribution in [0.1, 0.15) is 41.5 Å². The summed E-state index contributed by atoms with van der Waals surface area (Å²) in [4.78, 5) is 0. The summed E-state index contributed by atoms with van der Waals surface area (Å²) in [5, 5.41) is 7.69. The molecular formula is C30H32O6Te2.